The summed E-state index contributed by atoms with van der Waals surface area (Å²) >= 11 is 0. The molecule has 0 saturated carbocycles. The second-order valence-corrected chi connectivity index (χ2v) is 7.22. The van der Waals surface area contributed by atoms with Gasteiger partial charge in [-0.3, -0.25) is 9.59 Å². The van der Waals surface area contributed by atoms with Crippen LogP contribution in [-0.4, -0.2) is 29.3 Å². The smallest absolute Gasteiger partial charge is 0.254 e. The van der Waals surface area contributed by atoms with Gasteiger partial charge in [-0.25, -0.2) is 0 Å². The molecule has 0 spiro atoms. The number of carbonyl (C=O) groups is 2. The van der Waals surface area contributed by atoms with E-state index < -0.39 is 6.04 Å². The highest BCUT2D eigenvalue weighted by Gasteiger charge is 2.27. The van der Waals surface area contributed by atoms with Gasteiger partial charge in [0.05, 0.1) is 0 Å². The van der Waals surface area contributed by atoms with Gasteiger partial charge in [-0.2, -0.15) is 0 Å². The maximum atomic E-state index is 13.2. The Balaban J connectivity index is 1.77. The number of benzene rings is 2. The molecule has 27 heavy (non-hydrogen) atoms. The van der Waals surface area contributed by atoms with E-state index in [-0.39, 0.29) is 11.8 Å². The molecule has 142 valence electrons. The van der Waals surface area contributed by atoms with Crippen LogP contribution in [0.2, 0.25) is 0 Å². The Kier molecular flexibility index (Phi) is 6.28. The van der Waals surface area contributed by atoms with Crippen molar-refractivity contribution in [1.82, 2.24) is 4.90 Å². The SMILES string of the molecule is CCCN(C(=O)c1ccc2c(c1)CCCC2)C(C)C(=O)Nc1ccccc1. The van der Waals surface area contributed by atoms with Gasteiger partial charge in [0, 0.05) is 17.8 Å². The topological polar surface area (TPSA) is 49.4 Å². The van der Waals surface area contributed by atoms with Crippen LogP contribution < -0.4 is 5.32 Å². The Morgan fingerprint density at radius 2 is 1.74 bits per heavy atom. The number of rotatable bonds is 6. The molecule has 2 amide bonds. The maximum Gasteiger partial charge on any atom is 0.254 e. The van der Waals surface area contributed by atoms with Crippen molar-refractivity contribution in [3.05, 3.63) is 65.2 Å². The Bertz CT molecular complexity index is 801. The lowest BCUT2D eigenvalue weighted by Gasteiger charge is -2.29. The van der Waals surface area contributed by atoms with Crippen molar-refractivity contribution < 1.29 is 9.59 Å². The number of aryl methyl sites for hydroxylation is 2. The number of anilines is 1. The van der Waals surface area contributed by atoms with E-state index in [1.165, 1.54) is 24.0 Å². The largest absolute Gasteiger partial charge is 0.327 e. The minimum absolute atomic E-state index is 0.0686. The lowest BCUT2D eigenvalue weighted by molar-refractivity contribution is -0.120. The number of para-hydroxylation sites is 1. The zero-order valence-corrected chi connectivity index (χ0v) is 16.2. The van der Waals surface area contributed by atoms with Gasteiger partial charge in [0.15, 0.2) is 0 Å². The molecule has 1 aliphatic carbocycles. The summed E-state index contributed by atoms with van der Waals surface area (Å²) in [5.74, 6) is -0.234. The van der Waals surface area contributed by atoms with Crippen LogP contribution in [-0.2, 0) is 17.6 Å². The quantitative estimate of drug-likeness (QED) is 0.823. The van der Waals surface area contributed by atoms with Gasteiger partial charge < -0.3 is 10.2 Å². The molecule has 1 unspecified atom stereocenters. The summed E-state index contributed by atoms with van der Waals surface area (Å²) in [6.07, 6.45) is 5.34. The van der Waals surface area contributed by atoms with E-state index in [0.717, 1.165) is 24.9 Å². The normalized spacial score (nSPS) is 14.1. The molecule has 0 aliphatic heterocycles. The van der Waals surface area contributed by atoms with Gasteiger partial charge in [-0.15, -0.1) is 0 Å². The van der Waals surface area contributed by atoms with Crippen LogP contribution in [0.25, 0.3) is 0 Å². The fraction of sp³-hybridized carbons (Fsp3) is 0.391. The Hall–Kier alpha value is -2.62. The third-order valence-electron chi connectivity index (χ3n) is 5.21. The predicted molar refractivity (Wildman–Crippen MR) is 109 cm³/mol. The maximum absolute atomic E-state index is 13.2. The molecule has 0 heterocycles. The third kappa shape index (κ3) is 4.57. The van der Waals surface area contributed by atoms with Crippen molar-refractivity contribution in [3.63, 3.8) is 0 Å². The molecular formula is C23H28N2O2. The summed E-state index contributed by atoms with van der Waals surface area (Å²) in [4.78, 5) is 27.5. The van der Waals surface area contributed by atoms with Crippen LogP contribution in [0.1, 0.15) is 54.6 Å². The Morgan fingerprint density at radius 1 is 1.04 bits per heavy atom. The molecule has 0 fully saturated rings. The van der Waals surface area contributed by atoms with E-state index in [4.69, 9.17) is 0 Å². The molecule has 2 aromatic carbocycles. The standard InChI is InChI=1S/C23H28N2O2/c1-3-15-25(17(2)22(26)24-21-11-5-4-6-12-21)23(27)20-14-13-18-9-7-8-10-19(18)16-20/h4-6,11-14,16-17H,3,7-10,15H2,1-2H3,(H,24,26). The predicted octanol–water partition coefficient (Wildman–Crippen LogP) is 4.44. The third-order valence-corrected chi connectivity index (χ3v) is 5.21. The van der Waals surface area contributed by atoms with E-state index in [1.807, 2.05) is 49.4 Å². The summed E-state index contributed by atoms with van der Waals surface area (Å²) in [7, 11) is 0. The highest BCUT2D eigenvalue weighted by Crippen LogP contribution is 2.23. The van der Waals surface area contributed by atoms with E-state index in [1.54, 1.807) is 11.8 Å². The number of fused-ring (bicyclic) bond motifs is 1. The average molecular weight is 364 g/mol. The number of nitrogens with one attached hydrogen (secondary N) is 1. The molecule has 3 rings (SSSR count). The minimum Gasteiger partial charge on any atom is -0.327 e. The summed E-state index contributed by atoms with van der Waals surface area (Å²) in [6.45, 7) is 4.37. The zero-order valence-electron chi connectivity index (χ0n) is 16.2. The molecule has 4 nitrogen and oxygen atoms in total. The second kappa shape index (κ2) is 8.85. The first-order valence-electron chi connectivity index (χ1n) is 9.89. The average Bonchev–Trinajstić information content (AvgIpc) is 2.71. The van der Waals surface area contributed by atoms with Crippen LogP contribution in [0, 0.1) is 0 Å². The summed E-state index contributed by atoms with van der Waals surface area (Å²) in [5.41, 5.74) is 4.06. The Labute approximate surface area is 161 Å². The van der Waals surface area contributed by atoms with Crippen LogP contribution >= 0.6 is 0 Å². The molecule has 0 radical (unpaired) electrons. The minimum atomic E-state index is -0.534. The molecule has 2 aromatic rings. The number of hydrogen-bond acceptors (Lipinski definition) is 2. The van der Waals surface area contributed by atoms with Crippen molar-refractivity contribution in [3.8, 4) is 0 Å². The van der Waals surface area contributed by atoms with Crippen LogP contribution in [0.5, 0.6) is 0 Å². The first-order chi connectivity index (χ1) is 13.1. The molecule has 1 aliphatic rings. The number of nitrogens with zero attached hydrogens (tertiary/aromatic N) is 1. The van der Waals surface area contributed by atoms with Crippen LogP contribution in [0.3, 0.4) is 0 Å². The van der Waals surface area contributed by atoms with E-state index in [9.17, 15) is 9.59 Å². The number of carbonyl (C=O) groups excluding carboxylic acids is 2. The van der Waals surface area contributed by atoms with Crippen molar-refractivity contribution in [2.75, 3.05) is 11.9 Å². The zero-order chi connectivity index (χ0) is 19.2. The van der Waals surface area contributed by atoms with Gasteiger partial charge in [0.2, 0.25) is 5.91 Å². The highest BCUT2D eigenvalue weighted by molar-refractivity contribution is 6.01. The van der Waals surface area contributed by atoms with Crippen molar-refractivity contribution >= 4 is 17.5 Å². The molecule has 0 bridgehead atoms. The van der Waals surface area contributed by atoms with E-state index >= 15 is 0 Å². The van der Waals surface area contributed by atoms with Crippen molar-refractivity contribution in [1.29, 1.82) is 0 Å². The van der Waals surface area contributed by atoms with Crippen LogP contribution in [0.4, 0.5) is 5.69 Å². The summed E-state index contributed by atoms with van der Waals surface area (Å²) in [5, 5.41) is 2.90. The fourth-order valence-electron chi connectivity index (χ4n) is 3.65. The van der Waals surface area contributed by atoms with Gasteiger partial charge in [-0.05, 0) is 74.4 Å². The first-order valence-corrected chi connectivity index (χ1v) is 9.89. The van der Waals surface area contributed by atoms with Gasteiger partial charge in [0.25, 0.3) is 5.91 Å². The second-order valence-electron chi connectivity index (χ2n) is 7.22. The first kappa shape index (κ1) is 19.2. The van der Waals surface area contributed by atoms with E-state index in [0.29, 0.717) is 12.1 Å². The van der Waals surface area contributed by atoms with Crippen molar-refractivity contribution in [2.24, 2.45) is 0 Å². The number of hydrogen-bond donors (Lipinski definition) is 1. The lowest BCUT2D eigenvalue weighted by Crippen LogP contribution is -2.46. The van der Waals surface area contributed by atoms with Crippen molar-refractivity contribution in [2.45, 2.75) is 52.0 Å². The number of amides is 2. The van der Waals surface area contributed by atoms with Gasteiger partial charge in [-0.1, -0.05) is 31.2 Å². The van der Waals surface area contributed by atoms with Gasteiger partial charge >= 0.3 is 0 Å². The van der Waals surface area contributed by atoms with E-state index in [2.05, 4.69) is 11.4 Å². The lowest BCUT2D eigenvalue weighted by atomic mass is 9.90. The summed E-state index contributed by atoms with van der Waals surface area (Å²) < 4.78 is 0. The van der Waals surface area contributed by atoms with Crippen LogP contribution in [0.15, 0.2) is 48.5 Å². The fourth-order valence-corrected chi connectivity index (χ4v) is 3.65. The molecule has 0 aromatic heterocycles. The highest BCUT2D eigenvalue weighted by atomic mass is 16.2. The molecule has 4 heteroatoms. The molecule has 0 saturated heterocycles. The Morgan fingerprint density at radius 3 is 2.44 bits per heavy atom. The molecule has 1 N–H and O–H groups in total. The summed E-state index contributed by atoms with van der Waals surface area (Å²) in [6, 6.07) is 14.8. The van der Waals surface area contributed by atoms with Gasteiger partial charge in [0.1, 0.15) is 6.04 Å². The monoisotopic (exact) mass is 364 g/mol. The molecular weight excluding hydrogens is 336 g/mol. The molecule has 1 atom stereocenters.